The van der Waals surface area contributed by atoms with E-state index in [1.807, 2.05) is 63.2 Å². The normalized spacial score (nSPS) is 12.6. The zero-order valence-corrected chi connectivity index (χ0v) is 19.3. The molecule has 2 atom stereocenters. The van der Waals surface area contributed by atoms with Gasteiger partial charge >= 0.3 is 0 Å². The third-order valence-corrected chi connectivity index (χ3v) is 5.66. The molecule has 3 rings (SSSR count). The van der Waals surface area contributed by atoms with E-state index in [0.29, 0.717) is 22.8 Å². The number of halogens is 1. The van der Waals surface area contributed by atoms with Crippen molar-refractivity contribution in [1.82, 2.24) is 5.06 Å². The molecule has 0 radical (unpaired) electrons. The summed E-state index contributed by atoms with van der Waals surface area (Å²) < 4.78 is 0. The molecule has 0 N–H and O–H groups in total. The molecule has 0 bridgehead atoms. The lowest BCUT2D eigenvalue weighted by Crippen LogP contribution is -2.46. The lowest BCUT2D eigenvalue weighted by molar-refractivity contribution is -0.170. The fourth-order valence-corrected chi connectivity index (χ4v) is 3.80. The Hall–Kier alpha value is -3.29. The highest BCUT2D eigenvalue weighted by Crippen LogP contribution is 2.30. The molecule has 0 fully saturated rings. The van der Waals surface area contributed by atoms with Crippen molar-refractivity contribution in [2.45, 2.75) is 39.2 Å². The van der Waals surface area contributed by atoms with E-state index in [0.717, 1.165) is 11.1 Å². The minimum atomic E-state index is -0.262. The summed E-state index contributed by atoms with van der Waals surface area (Å²) in [6.45, 7) is 5.73. The number of nitrogens with zero attached hydrogens (tertiary/aromatic N) is 2. The monoisotopic (exact) mass is 446 g/mol. The van der Waals surface area contributed by atoms with Gasteiger partial charge in [-0.15, -0.1) is 0 Å². The van der Waals surface area contributed by atoms with Crippen molar-refractivity contribution in [2.75, 3.05) is 0 Å². The predicted molar refractivity (Wildman–Crippen MR) is 127 cm³/mol. The molecule has 3 aromatic rings. The molecule has 0 aliphatic heterocycles. The highest BCUT2D eigenvalue weighted by Gasteiger charge is 2.32. The van der Waals surface area contributed by atoms with Gasteiger partial charge in [-0.25, -0.2) is 0 Å². The van der Waals surface area contributed by atoms with Crippen LogP contribution in [0.1, 0.15) is 43.4 Å². The molecule has 0 aliphatic carbocycles. The molecule has 164 valence electrons. The van der Waals surface area contributed by atoms with Crippen molar-refractivity contribution in [1.29, 1.82) is 5.26 Å². The summed E-state index contributed by atoms with van der Waals surface area (Å²) in [5.74, 6) is 0.163. The van der Waals surface area contributed by atoms with Crippen LogP contribution in [-0.4, -0.2) is 17.0 Å². The van der Waals surface area contributed by atoms with Gasteiger partial charge in [-0.2, -0.15) is 10.3 Å². The first-order valence-electron chi connectivity index (χ1n) is 10.7. The van der Waals surface area contributed by atoms with Crippen molar-refractivity contribution in [3.63, 3.8) is 0 Å². The van der Waals surface area contributed by atoms with Crippen molar-refractivity contribution in [3.05, 3.63) is 101 Å². The summed E-state index contributed by atoms with van der Waals surface area (Å²) in [6, 6.07) is 26.6. The first-order valence-corrected chi connectivity index (χ1v) is 11.1. The van der Waals surface area contributed by atoms with Crippen LogP contribution in [0.2, 0.25) is 5.02 Å². The van der Waals surface area contributed by atoms with Crippen LogP contribution in [0.15, 0.2) is 78.9 Å². The predicted octanol–water partition coefficient (Wildman–Crippen LogP) is 6.41. The summed E-state index contributed by atoms with van der Waals surface area (Å²) in [5.41, 5.74) is 2.82. The quantitative estimate of drug-likeness (QED) is 0.376. The highest BCUT2D eigenvalue weighted by molar-refractivity contribution is 6.30. The van der Waals surface area contributed by atoms with Gasteiger partial charge in [0.15, 0.2) is 5.75 Å². The number of rotatable bonds is 8. The van der Waals surface area contributed by atoms with Crippen molar-refractivity contribution in [2.24, 2.45) is 5.92 Å². The van der Waals surface area contributed by atoms with Crippen molar-refractivity contribution < 1.29 is 9.63 Å². The van der Waals surface area contributed by atoms with E-state index in [9.17, 15) is 4.79 Å². The van der Waals surface area contributed by atoms with Gasteiger partial charge in [0.25, 0.3) is 5.91 Å². The molecule has 0 aromatic heterocycles. The number of amides is 1. The lowest BCUT2D eigenvalue weighted by Gasteiger charge is -2.35. The molecule has 0 aliphatic rings. The van der Waals surface area contributed by atoms with E-state index in [1.54, 1.807) is 24.3 Å². The van der Waals surface area contributed by atoms with Gasteiger partial charge < -0.3 is 4.84 Å². The summed E-state index contributed by atoms with van der Waals surface area (Å²) in [7, 11) is 0. The van der Waals surface area contributed by atoms with Gasteiger partial charge in [0.05, 0.1) is 17.7 Å². The molecule has 2 unspecified atom stereocenters. The topological polar surface area (TPSA) is 53.3 Å². The molecule has 0 saturated carbocycles. The van der Waals surface area contributed by atoms with Crippen LogP contribution in [0.3, 0.4) is 0 Å². The second-order valence-electron chi connectivity index (χ2n) is 8.14. The molecular formula is C27H27ClN2O2. The van der Waals surface area contributed by atoms with Gasteiger partial charge in [0, 0.05) is 22.9 Å². The van der Waals surface area contributed by atoms with Gasteiger partial charge in [-0.05, 0) is 48.7 Å². The summed E-state index contributed by atoms with van der Waals surface area (Å²) in [5, 5.41) is 11.1. The Labute approximate surface area is 195 Å². The second-order valence-corrected chi connectivity index (χ2v) is 8.57. The Morgan fingerprint density at radius 3 is 2.28 bits per heavy atom. The third kappa shape index (κ3) is 5.90. The third-order valence-electron chi connectivity index (χ3n) is 5.43. The number of nitriles is 1. The lowest BCUT2D eigenvalue weighted by atomic mass is 9.86. The average Bonchev–Trinajstić information content (AvgIpc) is 2.81. The number of carbonyl (C=O) groups is 1. The summed E-state index contributed by atoms with van der Waals surface area (Å²) in [6.07, 6.45) is 0.692. The molecule has 4 nitrogen and oxygen atoms in total. The smallest absolute Gasteiger partial charge is 0.257 e. The van der Waals surface area contributed by atoms with Crippen LogP contribution in [0.25, 0.3) is 0 Å². The number of carbonyl (C=O) groups excluding carboxylic acids is 1. The van der Waals surface area contributed by atoms with E-state index < -0.39 is 0 Å². The first kappa shape index (κ1) is 23.4. The van der Waals surface area contributed by atoms with Gasteiger partial charge in [0.2, 0.25) is 0 Å². The first-order chi connectivity index (χ1) is 15.4. The average molecular weight is 447 g/mol. The van der Waals surface area contributed by atoms with Crippen LogP contribution in [0, 0.1) is 17.2 Å². The van der Waals surface area contributed by atoms with Gasteiger partial charge in [-0.3, -0.25) is 4.79 Å². The summed E-state index contributed by atoms with van der Waals surface area (Å²) in [4.78, 5) is 19.3. The maximum Gasteiger partial charge on any atom is 0.257 e. The SMILES string of the molecule is CC(C)C(=O)N(Oc1cccc(Cl)c1)C(C)C(Cc1ccc(C#N)cc1)c1ccccc1. The molecule has 32 heavy (non-hydrogen) atoms. The van der Waals surface area contributed by atoms with E-state index in [-0.39, 0.29) is 23.8 Å². The van der Waals surface area contributed by atoms with Crippen LogP contribution in [-0.2, 0) is 11.2 Å². The maximum atomic E-state index is 13.2. The van der Waals surface area contributed by atoms with E-state index >= 15 is 0 Å². The van der Waals surface area contributed by atoms with Gasteiger partial charge in [0.1, 0.15) is 0 Å². The fraction of sp³-hybridized carbons (Fsp3) is 0.259. The van der Waals surface area contributed by atoms with E-state index in [1.165, 1.54) is 5.06 Å². The van der Waals surface area contributed by atoms with Crippen molar-refractivity contribution in [3.8, 4) is 11.8 Å². The Balaban J connectivity index is 1.96. The number of hydroxylamine groups is 2. The second kappa shape index (κ2) is 10.8. The molecule has 0 saturated heterocycles. The Kier molecular flexibility index (Phi) is 7.92. The number of hydrogen-bond donors (Lipinski definition) is 0. The fourth-order valence-electron chi connectivity index (χ4n) is 3.62. The Bertz CT molecular complexity index is 1070. The van der Waals surface area contributed by atoms with Gasteiger partial charge in [-0.1, -0.05) is 74.0 Å². The zero-order valence-electron chi connectivity index (χ0n) is 18.5. The van der Waals surface area contributed by atoms with Crippen LogP contribution >= 0.6 is 11.6 Å². The molecule has 3 aromatic carbocycles. The summed E-state index contributed by atoms with van der Waals surface area (Å²) >= 11 is 6.13. The maximum absolute atomic E-state index is 13.2. The van der Waals surface area contributed by atoms with E-state index in [4.69, 9.17) is 21.7 Å². The number of hydrogen-bond acceptors (Lipinski definition) is 3. The highest BCUT2D eigenvalue weighted by atomic mass is 35.5. The van der Waals surface area contributed by atoms with Crippen molar-refractivity contribution >= 4 is 17.5 Å². The molecule has 0 spiro atoms. The molecule has 1 amide bonds. The molecular weight excluding hydrogens is 420 g/mol. The van der Waals surface area contributed by atoms with E-state index in [2.05, 4.69) is 18.2 Å². The molecule has 0 heterocycles. The number of benzene rings is 3. The largest absolute Gasteiger partial charge is 0.377 e. The standard InChI is InChI=1S/C27H27ClN2O2/c1-19(2)27(31)30(32-25-11-7-10-24(28)17-25)20(3)26(23-8-5-4-6-9-23)16-21-12-14-22(18-29)15-13-21/h4-15,17,19-20,26H,16H2,1-3H3. The molecule has 5 heteroatoms. The van der Waals surface area contributed by atoms with Crippen LogP contribution in [0.5, 0.6) is 5.75 Å². The minimum Gasteiger partial charge on any atom is -0.377 e. The van der Waals surface area contributed by atoms with Crippen LogP contribution in [0.4, 0.5) is 0 Å². The zero-order chi connectivity index (χ0) is 23.1. The Morgan fingerprint density at radius 2 is 1.69 bits per heavy atom. The Morgan fingerprint density at radius 1 is 1.00 bits per heavy atom. The van der Waals surface area contributed by atoms with Crippen LogP contribution < -0.4 is 4.84 Å². The minimum absolute atomic E-state index is 0.0222.